The van der Waals surface area contributed by atoms with Crippen LogP contribution in [-0.2, 0) is 9.53 Å². The van der Waals surface area contributed by atoms with Crippen molar-refractivity contribution < 1.29 is 14.3 Å². The molecule has 3 rings (SSSR count). The first-order valence-electron chi connectivity index (χ1n) is 10.4. The van der Waals surface area contributed by atoms with E-state index in [1.165, 1.54) is 0 Å². The van der Waals surface area contributed by atoms with Gasteiger partial charge in [-0.1, -0.05) is 30.3 Å². The van der Waals surface area contributed by atoms with Crippen LogP contribution in [0.2, 0.25) is 0 Å². The lowest BCUT2D eigenvalue weighted by atomic mass is 9.82. The van der Waals surface area contributed by atoms with Gasteiger partial charge in [-0.3, -0.25) is 4.79 Å². The Hall–Kier alpha value is -2.88. The number of rotatable bonds is 8. The summed E-state index contributed by atoms with van der Waals surface area (Å²) in [6.45, 7) is 6.50. The largest absolute Gasteiger partial charge is 0.444 e. The van der Waals surface area contributed by atoms with Crippen molar-refractivity contribution in [3.05, 3.63) is 35.9 Å². The van der Waals surface area contributed by atoms with E-state index < -0.39 is 11.3 Å². The van der Waals surface area contributed by atoms with Crippen molar-refractivity contribution in [2.24, 2.45) is 10.2 Å². The number of likely N-dealkylation sites (tertiary alicyclic amines) is 1. The molecule has 0 aliphatic carbocycles. The van der Waals surface area contributed by atoms with E-state index in [2.05, 4.69) is 33.6 Å². The molecule has 0 aromatic heterocycles. The van der Waals surface area contributed by atoms with E-state index in [1.54, 1.807) is 4.90 Å². The Labute approximate surface area is 178 Å². The van der Waals surface area contributed by atoms with Crippen LogP contribution in [0.4, 0.5) is 4.79 Å². The van der Waals surface area contributed by atoms with Crippen molar-refractivity contribution >= 4 is 12.0 Å². The molecule has 1 saturated heterocycles. The van der Waals surface area contributed by atoms with Crippen LogP contribution in [0.1, 0.15) is 57.9 Å². The van der Waals surface area contributed by atoms with Crippen LogP contribution >= 0.6 is 0 Å². The molecule has 1 aromatic rings. The first-order valence-corrected chi connectivity index (χ1v) is 10.4. The summed E-state index contributed by atoms with van der Waals surface area (Å²) in [5.74, 6) is 2.68. The van der Waals surface area contributed by atoms with Gasteiger partial charge < -0.3 is 15.0 Å². The quantitative estimate of drug-likeness (QED) is 0.661. The molecule has 0 unspecified atom stereocenters. The molecule has 0 spiro atoms. The number of ether oxygens (including phenoxy) is 1. The number of benzene rings is 1. The molecule has 2 aliphatic heterocycles. The molecule has 2 atom stereocenters. The molecule has 2 heterocycles. The van der Waals surface area contributed by atoms with Crippen molar-refractivity contribution in [1.82, 2.24) is 10.2 Å². The van der Waals surface area contributed by atoms with Gasteiger partial charge in [-0.2, -0.15) is 10.2 Å². The lowest BCUT2D eigenvalue weighted by molar-refractivity contribution is -0.122. The molecule has 2 aliphatic rings. The van der Waals surface area contributed by atoms with Gasteiger partial charge in [-0.15, -0.1) is 12.3 Å². The molecule has 1 fully saturated rings. The van der Waals surface area contributed by atoms with Crippen LogP contribution in [-0.4, -0.2) is 47.3 Å². The van der Waals surface area contributed by atoms with Gasteiger partial charge in [0, 0.05) is 44.7 Å². The Kier molecular flexibility index (Phi) is 6.45. The minimum Gasteiger partial charge on any atom is -0.444 e. The number of terminal acetylenes is 1. The molecule has 7 nitrogen and oxygen atoms in total. The zero-order valence-electron chi connectivity index (χ0n) is 17.9. The van der Waals surface area contributed by atoms with E-state index in [-0.39, 0.29) is 24.0 Å². The van der Waals surface area contributed by atoms with Crippen LogP contribution < -0.4 is 5.32 Å². The monoisotopic (exact) mass is 410 g/mol. The fourth-order valence-corrected chi connectivity index (χ4v) is 3.65. The minimum absolute atomic E-state index is 0.0739. The number of carbonyl (C=O) groups is 2. The molecule has 2 amide bonds. The van der Waals surface area contributed by atoms with E-state index >= 15 is 0 Å². The van der Waals surface area contributed by atoms with Gasteiger partial charge in [-0.05, 0) is 26.3 Å². The summed E-state index contributed by atoms with van der Waals surface area (Å²) in [7, 11) is 0. The van der Waals surface area contributed by atoms with Gasteiger partial charge in [0.15, 0.2) is 5.66 Å². The van der Waals surface area contributed by atoms with Gasteiger partial charge >= 0.3 is 6.09 Å². The van der Waals surface area contributed by atoms with E-state index in [9.17, 15) is 9.59 Å². The number of nitrogens with zero attached hydrogens (tertiary/aromatic N) is 3. The number of hydrogen-bond acceptors (Lipinski definition) is 5. The second kappa shape index (κ2) is 8.86. The summed E-state index contributed by atoms with van der Waals surface area (Å²) < 4.78 is 5.53. The Morgan fingerprint density at radius 1 is 1.27 bits per heavy atom. The smallest absolute Gasteiger partial charge is 0.410 e. The van der Waals surface area contributed by atoms with Gasteiger partial charge in [0.05, 0.1) is 6.04 Å². The molecule has 0 bridgehead atoms. The SMILES string of the molecule is C#CCCC1(CCC(=O)NC[C@@H]2[C@@H](c3ccccc3)CN2C(=O)OC(C)(C)C)N=N1. The highest BCUT2D eigenvalue weighted by molar-refractivity contribution is 5.76. The Morgan fingerprint density at radius 2 is 1.97 bits per heavy atom. The van der Waals surface area contributed by atoms with Gasteiger partial charge in [0.1, 0.15) is 5.60 Å². The molecule has 7 heteroatoms. The third-order valence-corrected chi connectivity index (χ3v) is 5.43. The maximum atomic E-state index is 12.6. The van der Waals surface area contributed by atoms with Crippen LogP contribution in [0.15, 0.2) is 40.6 Å². The van der Waals surface area contributed by atoms with E-state index in [4.69, 9.17) is 11.2 Å². The van der Waals surface area contributed by atoms with Crippen molar-refractivity contribution in [2.75, 3.05) is 13.1 Å². The average molecular weight is 411 g/mol. The normalized spacial score (nSPS) is 21.3. The fraction of sp³-hybridized carbons (Fsp3) is 0.565. The topological polar surface area (TPSA) is 83.4 Å². The second-order valence-electron chi connectivity index (χ2n) is 8.91. The van der Waals surface area contributed by atoms with Gasteiger partial charge in [-0.25, -0.2) is 4.79 Å². The Balaban J connectivity index is 1.55. The highest BCUT2D eigenvalue weighted by atomic mass is 16.6. The number of nitrogens with one attached hydrogen (secondary N) is 1. The maximum Gasteiger partial charge on any atom is 0.410 e. The zero-order chi connectivity index (χ0) is 21.8. The average Bonchev–Trinajstić information content (AvgIpc) is 3.44. The molecular formula is C23H30N4O3. The van der Waals surface area contributed by atoms with Crippen LogP contribution in [0.5, 0.6) is 0 Å². The summed E-state index contributed by atoms with van der Waals surface area (Å²) in [5, 5.41) is 11.1. The highest BCUT2D eigenvalue weighted by Crippen LogP contribution is 2.38. The Morgan fingerprint density at radius 3 is 2.57 bits per heavy atom. The summed E-state index contributed by atoms with van der Waals surface area (Å²) in [4.78, 5) is 26.7. The predicted octanol–water partition coefficient (Wildman–Crippen LogP) is 3.86. The zero-order valence-corrected chi connectivity index (χ0v) is 17.9. The fourth-order valence-electron chi connectivity index (χ4n) is 3.65. The highest BCUT2D eigenvalue weighted by Gasteiger charge is 2.44. The number of hydrogen-bond donors (Lipinski definition) is 1. The first-order chi connectivity index (χ1) is 14.2. The third kappa shape index (κ3) is 5.59. The molecule has 1 aromatic carbocycles. The van der Waals surface area contributed by atoms with Gasteiger partial charge in [0.25, 0.3) is 0 Å². The third-order valence-electron chi connectivity index (χ3n) is 5.43. The lowest BCUT2D eigenvalue weighted by Crippen LogP contribution is -2.61. The molecular weight excluding hydrogens is 380 g/mol. The van der Waals surface area contributed by atoms with E-state index in [0.29, 0.717) is 38.8 Å². The van der Waals surface area contributed by atoms with Crippen LogP contribution in [0.25, 0.3) is 0 Å². The molecule has 30 heavy (non-hydrogen) atoms. The first kappa shape index (κ1) is 21.8. The molecule has 0 saturated carbocycles. The number of amides is 2. The lowest BCUT2D eigenvalue weighted by Gasteiger charge is -2.48. The summed E-state index contributed by atoms with van der Waals surface area (Å²) in [6, 6.07) is 9.90. The van der Waals surface area contributed by atoms with Crippen LogP contribution in [0.3, 0.4) is 0 Å². The minimum atomic E-state index is -0.563. The van der Waals surface area contributed by atoms with E-state index in [0.717, 1.165) is 5.56 Å². The summed E-state index contributed by atoms with van der Waals surface area (Å²) in [5.41, 5.74) is 0.127. The summed E-state index contributed by atoms with van der Waals surface area (Å²) in [6.07, 6.45) is 7.12. The second-order valence-corrected chi connectivity index (χ2v) is 8.91. The van der Waals surface area contributed by atoms with Crippen molar-refractivity contribution in [3.8, 4) is 12.3 Å². The molecule has 0 radical (unpaired) electrons. The van der Waals surface area contributed by atoms with Crippen molar-refractivity contribution in [3.63, 3.8) is 0 Å². The van der Waals surface area contributed by atoms with Crippen LogP contribution in [0, 0.1) is 12.3 Å². The Bertz CT molecular complexity index is 832. The van der Waals surface area contributed by atoms with E-state index in [1.807, 2.05) is 39.0 Å². The molecule has 160 valence electrons. The summed E-state index contributed by atoms with van der Waals surface area (Å²) >= 11 is 0. The standard InChI is InChI=1S/C23H30N4O3/c1-5-6-13-23(25-26-23)14-12-20(28)24-15-19-18(17-10-8-7-9-11-17)16-27(19)21(29)30-22(2,3)4/h1,7-11,18-19H,6,12-16H2,2-4H3,(H,24,28)/t18-,19-/m1/s1. The van der Waals surface area contributed by atoms with Crippen molar-refractivity contribution in [2.45, 2.75) is 69.7 Å². The predicted molar refractivity (Wildman–Crippen MR) is 114 cm³/mol. The van der Waals surface area contributed by atoms with Crippen molar-refractivity contribution in [1.29, 1.82) is 0 Å². The molecule has 1 N–H and O–H groups in total. The maximum absolute atomic E-state index is 12.6. The number of carbonyl (C=O) groups excluding carboxylic acids is 2. The van der Waals surface area contributed by atoms with Gasteiger partial charge in [0.2, 0.25) is 5.91 Å².